The quantitative estimate of drug-likeness (QED) is 0.340. The number of fused-ring (bicyclic) bond motifs is 1. The van der Waals surface area contributed by atoms with Crippen molar-refractivity contribution in [1.82, 2.24) is 4.57 Å². The van der Waals surface area contributed by atoms with Crippen molar-refractivity contribution in [2.75, 3.05) is 30.6 Å². The Kier molecular flexibility index (Phi) is 7.95. The Balaban J connectivity index is 1.76. The van der Waals surface area contributed by atoms with Crippen LogP contribution in [0.5, 0.6) is 0 Å². The summed E-state index contributed by atoms with van der Waals surface area (Å²) in [6.07, 6.45) is 5.32. The molecule has 2 heterocycles. The van der Waals surface area contributed by atoms with Gasteiger partial charge >= 0.3 is 0 Å². The van der Waals surface area contributed by atoms with Gasteiger partial charge in [-0.15, -0.1) is 5.10 Å². The molecule has 1 amide bonds. The average molecular weight is 505 g/mol. The predicted molar refractivity (Wildman–Crippen MR) is 140 cm³/mol. The van der Waals surface area contributed by atoms with Crippen molar-refractivity contribution in [2.24, 2.45) is 5.10 Å². The summed E-state index contributed by atoms with van der Waals surface area (Å²) in [7, 11) is 3.94. The molecule has 192 valence electrons. The van der Waals surface area contributed by atoms with Gasteiger partial charge in [0.2, 0.25) is 0 Å². The largest absolute Gasteiger partial charge is 0.378 e. The second-order valence-electron chi connectivity index (χ2n) is 8.70. The summed E-state index contributed by atoms with van der Waals surface area (Å²) in [6.45, 7) is 1.59. The van der Waals surface area contributed by atoms with Crippen LogP contribution in [0.3, 0.4) is 0 Å². The van der Waals surface area contributed by atoms with Crippen LogP contribution in [0.1, 0.15) is 27.0 Å². The van der Waals surface area contributed by atoms with Gasteiger partial charge in [-0.3, -0.25) is 24.7 Å². The highest BCUT2D eigenvalue weighted by Gasteiger charge is 2.30. The third-order valence-corrected chi connectivity index (χ3v) is 6.11. The fraction of sp³-hybridized carbons (Fsp3) is 0.222. The predicted octanol–water partition coefficient (Wildman–Crippen LogP) is 2.39. The Morgan fingerprint density at radius 2 is 1.70 bits per heavy atom. The Morgan fingerprint density at radius 3 is 2.32 bits per heavy atom. The normalized spacial score (nSPS) is 13.4. The third-order valence-electron chi connectivity index (χ3n) is 6.11. The fourth-order valence-electron chi connectivity index (χ4n) is 4.10. The SMILES string of the molecule is Cc1c2c(n(CCOO)c(=O)/c1=C\C=C\c1ccc(N(C)C)cc1)=NN(c1ccc(COO)cc1)C2=O. The van der Waals surface area contributed by atoms with Crippen LogP contribution in [0, 0.1) is 6.92 Å². The van der Waals surface area contributed by atoms with E-state index in [0.717, 1.165) is 11.3 Å². The van der Waals surface area contributed by atoms with Crippen LogP contribution >= 0.6 is 0 Å². The van der Waals surface area contributed by atoms with E-state index in [9.17, 15) is 9.59 Å². The summed E-state index contributed by atoms with van der Waals surface area (Å²) in [5.74, 6) is -0.379. The highest BCUT2D eigenvalue weighted by atomic mass is 17.1. The molecule has 1 aliphatic rings. The molecule has 37 heavy (non-hydrogen) atoms. The minimum Gasteiger partial charge on any atom is -0.378 e. The zero-order chi connectivity index (χ0) is 26.5. The third kappa shape index (κ3) is 5.37. The molecule has 0 saturated carbocycles. The number of nitrogens with zero attached hydrogens (tertiary/aromatic N) is 4. The first-order valence-electron chi connectivity index (χ1n) is 11.6. The Bertz CT molecular complexity index is 1490. The Labute approximate surface area is 213 Å². The molecule has 0 bridgehead atoms. The fourth-order valence-corrected chi connectivity index (χ4v) is 4.10. The maximum absolute atomic E-state index is 13.4. The van der Waals surface area contributed by atoms with Gasteiger partial charge in [-0.25, -0.2) is 9.78 Å². The number of rotatable bonds is 9. The number of anilines is 2. The van der Waals surface area contributed by atoms with E-state index in [0.29, 0.717) is 27.6 Å². The van der Waals surface area contributed by atoms with E-state index in [4.69, 9.17) is 10.5 Å². The monoisotopic (exact) mass is 504 g/mol. The van der Waals surface area contributed by atoms with Crippen molar-refractivity contribution in [2.45, 2.75) is 20.1 Å². The number of hydrogen-bond donors (Lipinski definition) is 2. The van der Waals surface area contributed by atoms with Crippen LogP contribution < -0.4 is 26.2 Å². The first-order valence-corrected chi connectivity index (χ1v) is 11.6. The number of benzene rings is 2. The molecule has 10 heteroatoms. The number of carbonyl (C=O) groups is 1. The number of hydrogen-bond acceptors (Lipinski definition) is 8. The van der Waals surface area contributed by atoms with Crippen LogP contribution in [0.15, 0.2) is 64.5 Å². The molecule has 0 atom stereocenters. The summed E-state index contributed by atoms with van der Waals surface area (Å²) in [4.78, 5) is 37.2. The maximum Gasteiger partial charge on any atom is 0.282 e. The van der Waals surface area contributed by atoms with E-state index in [2.05, 4.69) is 14.9 Å². The highest BCUT2D eigenvalue weighted by Crippen LogP contribution is 2.21. The van der Waals surface area contributed by atoms with Gasteiger partial charge in [0.05, 0.1) is 17.8 Å². The lowest BCUT2D eigenvalue weighted by molar-refractivity contribution is -0.253. The summed E-state index contributed by atoms with van der Waals surface area (Å²) in [5, 5.41) is 23.5. The lowest BCUT2D eigenvalue weighted by atomic mass is 10.1. The van der Waals surface area contributed by atoms with Gasteiger partial charge in [0, 0.05) is 25.0 Å². The van der Waals surface area contributed by atoms with Crippen molar-refractivity contribution >= 4 is 29.4 Å². The zero-order valence-corrected chi connectivity index (χ0v) is 20.8. The molecule has 10 nitrogen and oxygen atoms in total. The number of carbonyl (C=O) groups excluding carboxylic acids is 1. The first kappa shape index (κ1) is 26.0. The van der Waals surface area contributed by atoms with Crippen molar-refractivity contribution in [1.29, 1.82) is 0 Å². The topological polar surface area (TPSA) is 117 Å². The van der Waals surface area contributed by atoms with Crippen LogP contribution in [-0.4, -0.2) is 41.7 Å². The van der Waals surface area contributed by atoms with Gasteiger partial charge in [-0.05, 0) is 54.0 Å². The molecule has 1 aromatic heterocycles. The lowest BCUT2D eigenvalue weighted by Crippen LogP contribution is -2.46. The molecule has 2 N–H and O–H groups in total. The lowest BCUT2D eigenvalue weighted by Gasteiger charge is -2.12. The molecule has 0 aliphatic carbocycles. The molecule has 0 radical (unpaired) electrons. The van der Waals surface area contributed by atoms with Crippen molar-refractivity contribution < 1.29 is 25.1 Å². The van der Waals surface area contributed by atoms with Crippen LogP contribution in [0.2, 0.25) is 0 Å². The molecule has 0 fully saturated rings. The second-order valence-corrected chi connectivity index (χ2v) is 8.70. The standard InChI is InChI=1S/C27H28N4O6/c1-18-23(6-4-5-19-7-11-21(12-8-19)29(2)3)26(32)30(15-16-36-34)25-24(18)27(33)31(28-25)22-13-9-20(10-14-22)17-37-35/h4-14,34-35H,15-17H2,1-3H3/b5-4+,23-6-. The average Bonchev–Trinajstić information content (AvgIpc) is 3.24. The van der Waals surface area contributed by atoms with Gasteiger partial charge in [0.1, 0.15) is 13.2 Å². The second kappa shape index (κ2) is 11.3. The molecule has 0 spiro atoms. The van der Waals surface area contributed by atoms with Gasteiger partial charge in [0.15, 0.2) is 5.49 Å². The van der Waals surface area contributed by atoms with Crippen molar-refractivity contribution in [3.63, 3.8) is 0 Å². The number of pyridine rings is 1. The molecule has 3 aromatic rings. The Hall–Kier alpha value is -4.09. The molecule has 1 aliphatic heterocycles. The van der Waals surface area contributed by atoms with E-state index in [1.165, 1.54) is 9.58 Å². The highest BCUT2D eigenvalue weighted by molar-refractivity contribution is 6.08. The van der Waals surface area contributed by atoms with E-state index in [-0.39, 0.29) is 36.7 Å². The maximum atomic E-state index is 13.4. The molecular formula is C27H28N4O6. The van der Waals surface area contributed by atoms with Crippen LogP contribution in [-0.2, 0) is 22.9 Å². The Morgan fingerprint density at radius 1 is 1.00 bits per heavy atom. The summed E-state index contributed by atoms with van der Waals surface area (Å²) < 4.78 is 1.33. The van der Waals surface area contributed by atoms with Crippen LogP contribution in [0.25, 0.3) is 12.2 Å². The number of allylic oxidation sites excluding steroid dienone is 1. The minimum absolute atomic E-state index is 0.00585. The summed E-state index contributed by atoms with van der Waals surface area (Å²) >= 11 is 0. The summed E-state index contributed by atoms with van der Waals surface area (Å²) in [6, 6.07) is 14.7. The number of amides is 1. The smallest absolute Gasteiger partial charge is 0.282 e. The zero-order valence-electron chi connectivity index (χ0n) is 20.8. The molecule has 2 aromatic carbocycles. The molecule has 0 unspecified atom stereocenters. The van der Waals surface area contributed by atoms with Gasteiger partial charge in [0.25, 0.3) is 11.5 Å². The van der Waals surface area contributed by atoms with Crippen molar-refractivity contribution in [3.8, 4) is 0 Å². The molecular weight excluding hydrogens is 476 g/mol. The van der Waals surface area contributed by atoms with E-state index < -0.39 is 0 Å². The summed E-state index contributed by atoms with van der Waals surface area (Å²) in [5.41, 5.74) is 3.90. The molecule has 0 saturated heterocycles. The van der Waals surface area contributed by atoms with E-state index >= 15 is 0 Å². The van der Waals surface area contributed by atoms with Gasteiger partial charge < -0.3 is 4.90 Å². The van der Waals surface area contributed by atoms with E-state index in [1.54, 1.807) is 43.3 Å². The number of aromatic nitrogens is 1. The molecule has 4 rings (SSSR count). The first-order chi connectivity index (χ1) is 17.8. The van der Waals surface area contributed by atoms with E-state index in [1.807, 2.05) is 49.3 Å². The van der Waals surface area contributed by atoms with Gasteiger partial charge in [-0.1, -0.05) is 36.4 Å². The minimum atomic E-state index is -0.379. The van der Waals surface area contributed by atoms with Crippen molar-refractivity contribution in [3.05, 3.63) is 97.9 Å². The van der Waals surface area contributed by atoms with Crippen LogP contribution in [0.4, 0.5) is 11.4 Å². The van der Waals surface area contributed by atoms with Gasteiger partial charge in [-0.2, -0.15) is 5.01 Å².